The molecule has 0 radical (unpaired) electrons. The predicted molar refractivity (Wildman–Crippen MR) is 82.7 cm³/mol. The Morgan fingerprint density at radius 3 is 2.32 bits per heavy atom. The summed E-state index contributed by atoms with van der Waals surface area (Å²) in [5.74, 6) is -0.301. The van der Waals surface area contributed by atoms with E-state index < -0.39 is 11.7 Å². The standard InChI is InChI=1S/C16H11BrF3NO/c17-12-7-5-11(6-8-12)15(22)9-10-21-14-4-2-1-3-13(14)16(18,19)20/h1-10,21H/b10-9+. The molecule has 0 fully saturated rings. The zero-order valence-electron chi connectivity index (χ0n) is 11.2. The Bertz CT molecular complexity index is 693. The van der Waals surface area contributed by atoms with Crippen molar-refractivity contribution in [3.8, 4) is 0 Å². The molecule has 2 aromatic carbocycles. The number of allylic oxidation sites excluding steroid dienone is 1. The minimum absolute atomic E-state index is 0.102. The molecule has 6 heteroatoms. The van der Waals surface area contributed by atoms with Crippen LogP contribution in [0, 0.1) is 0 Å². The van der Waals surface area contributed by atoms with Crippen LogP contribution in [0.2, 0.25) is 0 Å². The number of carbonyl (C=O) groups excluding carboxylic acids is 1. The van der Waals surface area contributed by atoms with Crippen LogP contribution in [0.4, 0.5) is 18.9 Å². The zero-order valence-corrected chi connectivity index (χ0v) is 12.8. The lowest BCUT2D eigenvalue weighted by Crippen LogP contribution is -2.08. The lowest BCUT2D eigenvalue weighted by molar-refractivity contribution is -0.136. The van der Waals surface area contributed by atoms with Gasteiger partial charge in [0.15, 0.2) is 5.78 Å². The molecule has 22 heavy (non-hydrogen) atoms. The van der Waals surface area contributed by atoms with Gasteiger partial charge in [-0.1, -0.05) is 28.1 Å². The maximum absolute atomic E-state index is 12.8. The SMILES string of the molecule is O=C(/C=C/Nc1ccccc1C(F)(F)F)c1ccc(Br)cc1. The summed E-state index contributed by atoms with van der Waals surface area (Å²) in [6.45, 7) is 0. The van der Waals surface area contributed by atoms with Gasteiger partial charge in [0.1, 0.15) is 0 Å². The van der Waals surface area contributed by atoms with Gasteiger partial charge < -0.3 is 5.32 Å². The number of halogens is 4. The summed E-state index contributed by atoms with van der Waals surface area (Å²) >= 11 is 3.26. The fraction of sp³-hybridized carbons (Fsp3) is 0.0625. The van der Waals surface area contributed by atoms with Crippen molar-refractivity contribution >= 4 is 27.4 Å². The maximum Gasteiger partial charge on any atom is 0.418 e. The van der Waals surface area contributed by atoms with E-state index in [0.29, 0.717) is 5.56 Å². The molecule has 2 nitrogen and oxygen atoms in total. The fourth-order valence-corrected chi connectivity index (χ4v) is 2.04. The molecular formula is C16H11BrF3NO. The quantitative estimate of drug-likeness (QED) is 0.586. The van der Waals surface area contributed by atoms with Crippen LogP contribution in [-0.4, -0.2) is 5.78 Å². The van der Waals surface area contributed by atoms with Gasteiger partial charge in [-0.15, -0.1) is 0 Å². The number of rotatable bonds is 4. The van der Waals surface area contributed by atoms with Gasteiger partial charge in [0, 0.05) is 22.3 Å². The Balaban J connectivity index is 2.10. The zero-order chi connectivity index (χ0) is 16.2. The third kappa shape index (κ3) is 4.21. The van der Waals surface area contributed by atoms with Crippen molar-refractivity contribution in [3.63, 3.8) is 0 Å². The number of nitrogens with one attached hydrogen (secondary N) is 1. The first-order valence-electron chi connectivity index (χ1n) is 6.27. The fourth-order valence-electron chi connectivity index (χ4n) is 1.77. The Kier molecular flexibility index (Phi) is 5.03. The number of ketones is 1. The van der Waals surface area contributed by atoms with E-state index in [1.807, 2.05) is 0 Å². The second kappa shape index (κ2) is 6.79. The summed E-state index contributed by atoms with van der Waals surface area (Å²) < 4.78 is 39.2. The number of hydrogen-bond donors (Lipinski definition) is 1. The third-order valence-corrected chi connectivity index (χ3v) is 3.36. The molecule has 2 rings (SSSR count). The molecule has 0 spiro atoms. The average molecular weight is 370 g/mol. The van der Waals surface area contributed by atoms with E-state index in [-0.39, 0.29) is 11.5 Å². The summed E-state index contributed by atoms with van der Waals surface area (Å²) in [5, 5.41) is 2.50. The number of alkyl halides is 3. The highest BCUT2D eigenvalue weighted by Crippen LogP contribution is 2.34. The number of para-hydroxylation sites is 1. The van der Waals surface area contributed by atoms with E-state index in [9.17, 15) is 18.0 Å². The summed E-state index contributed by atoms with van der Waals surface area (Å²) in [6.07, 6.45) is -2.06. The number of carbonyl (C=O) groups is 1. The second-order valence-electron chi connectivity index (χ2n) is 4.39. The number of anilines is 1. The molecular weight excluding hydrogens is 359 g/mol. The normalized spacial score (nSPS) is 11.6. The van der Waals surface area contributed by atoms with Crippen molar-refractivity contribution in [1.82, 2.24) is 0 Å². The van der Waals surface area contributed by atoms with Gasteiger partial charge in [0.2, 0.25) is 0 Å². The lowest BCUT2D eigenvalue weighted by Gasteiger charge is -2.11. The molecule has 0 amide bonds. The van der Waals surface area contributed by atoms with Crippen LogP contribution in [0.15, 0.2) is 65.3 Å². The van der Waals surface area contributed by atoms with Gasteiger partial charge >= 0.3 is 6.18 Å². The number of hydrogen-bond acceptors (Lipinski definition) is 2. The molecule has 0 aliphatic rings. The molecule has 0 aliphatic carbocycles. The van der Waals surface area contributed by atoms with Crippen molar-refractivity contribution in [1.29, 1.82) is 0 Å². The molecule has 0 saturated heterocycles. The van der Waals surface area contributed by atoms with Gasteiger partial charge in [-0.05, 0) is 36.4 Å². The molecule has 1 N–H and O–H groups in total. The average Bonchev–Trinajstić information content (AvgIpc) is 2.47. The van der Waals surface area contributed by atoms with Gasteiger partial charge in [0.25, 0.3) is 0 Å². The van der Waals surface area contributed by atoms with E-state index in [2.05, 4.69) is 21.2 Å². The van der Waals surface area contributed by atoms with Crippen molar-refractivity contribution in [2.45, 2.75) is 6.18 Å². The number of benzene rings is 2. The minimum Gasteiger partial charge on any atom is -0.361 e. The van der Waals surface area contributed by atoms with Crippen LogP contribution in [0.3, 0.4) is 0 Å². The van der Waals surface area contributed by atoms with Gasteiger partial charge in [-0.25, -0.2) is 0 Å². The molecule has 0 aromatic heterocycles. The van der Waals surface area contributed by atoms with Crippen molar-refractivity contribution in [2.24, 2.45) is 0 Å². The Hall–Kier alpha value is -2.08. The Morgan fingerprint density at radius 2 is 1.68 bits per heavy atom. The topological polar surface area (TPSA) is 29.1 Å². The van der Waals surface area contributed by atoms with Crippen LogP contribution in [-0.2, 0) is 6.18 Å². The Labute approximate surface area is 133 Å². The van der Waals surface area contributed by atoms with Crippen molar-refractivity contribution < 1.29 is 18.0 Å². The van der Waals surface area contributed by atoms with Crippen LogP contribution >= 0.6 is 15.9 Å². The van der Waals surface area contributed by atoms with E-state index in [1.54, 1.807) is 24.3 Å². The largest absolute Gasteiger partial charge is 0.418 e. The molecule has 0 atom stereocenters. The molecule has 0 bridgehead atoms. The summed E-state index contributed by atoms with van der Waals surface area (Å²) in [5.41, 5.74) is -0.434. The first-order chi connectivity index (χ1) is 10.4. The van der Waals surface area contributed by atoms with Crippen LogP contribution in [0.25, 0.3) is 0 Å². The monoisotopic (exact) mass is 369 g/mol. The minimum atomic E-state index is -4.45. The van der Waals surface area contributed by atoms with Gasteiger partial charge in [-0.3, -0.25) is 4.79 Å². The molecule has 0 aliphatic heterocycles. The second-order valence-corrected chi connectivity index (χ2v) is 5.31. The van der Waals surface area contributed by atoms with E-state index in [0.717, 1.165) is 10.5 Å². The third-order valence-electron chi connectivity index (χ3n) is 2.83. The molecule has 0 heterocycles. The summed E-state index contributed by atoms with van der Waals surface area (Å²) in [6, 6.07) is 11.8. The van der Waals surface area contributed by atoms with E-state index in [4.69, 9.17) is 0 Å². The van der Waals surface area contributed by atoms with Crippen molar-refractivity contribution in [2.75, 3.05) is 5.32 Å². The van der Waals surface area contributed by atoms with Gasteiger partial charge in [0.05, 0.1) is 11.3 Å². The highest BCUT2D eigenvalue weighted by molar-refractivity contribution is 9.10. The van der Waals surface area contributed by atoms with Crippen LogP contribution in [0.5, 0.6) is 0 Å². The maximum atomic E-state index is 12.8. The first kappa shape index (κ1) is 16.3. The Morgan fingerprint density at radius 1 is 1.05 bits per heavy atom. The van der Waals surface area contributed by atoms with Crippen LogP contribution in [0.1, 0.15) is 15.9 Å². The van der Waals surface area contributed by atoms with E-state index in [1.165, 1.54) is 30.5 Å². The molecule has 2 aromatic rings. The highest BCUT2D eigenvalue weighted by Gasteiger charge is 2.32. The summed E-state index contributed by atoms with van der Waals surface area (Å²) in [7, 11) is 0. The van der Waals surface area contributed by atoms with Crippen LogP contribution < -0.4 is 5.32 Å². The first-order valence-corrected chi connectivity index (χ1v) is 7.06. The molecule has 114 valence electrons. The van der Waals surface area contributed by atoms with E-state index >= 15 is 0 Å². The molecule has 0 saturated carbocycles. The summed E-state index contributed by atoms with van der Waals surface area (Å²) in [4.78, 5) is 11.9. The van der Waals surface area contributed by atoms with Gasteiger partial charge in [-0.2, -0.15) is 13.2 Å². The molecule has 0 unspecified atom stereocenters. The van der Waals surface area contributed by atoms with Crippen molar-refractivity contribution in [3.05, 3.63) is 76.4 Å². The predicted octanol–water partition coefficient (Wildman–Crippen LogP) is 5.28. The lowest BCUT2D eigenvalue weighted by atomic mass is 10.1. The highest BCUT2D eigenvalue weighted by atomic mass is 79.9. The smallest absolute Gasteiger partial charge is 0.361 e.